The van der Waals surface area contributed by atoms with Crippen LogP contribution in [-0.4, -0.2) is 47.4 Å². The summed E-state index contributed by atoms with van der Waals surface area (Å²) in [5.74, 6) is -0.0206. The summed E-state index contributed by atoms with van der Waals surface area (Å²) < 4.78 is 5.49. The highest BCUT2D eigenvalue weighted by atomic mass is 16.5. The van der Waals surface area contributed by atoms with Crippen LogP contribution < -0.4 is 5.32 Å². The quantitative estimate of drug-likeness (QED) is 0.0320. The third-order valence-corrected chi connectivity index (χ3v) is 16.3. The zero-order chi connectivity index (χ0) is 54.3. The van der Waals surface area contributed by atoms with E-state index in [1.54, 1.807) is 0 Å². The van der Waals surface area contributed by atoms with Crippen LogP contribution in [0.2, 0.25) is 0 Å². The molecule has 0 bridgehead atoms. The number of carbonyl (C=O) groups is 2. The zero-order valence-corrected chi connectivity index (χ0v) is 51.1. The van der Waals surface area contributed by atoms with E-state index in [0.29, 0.717) is 25.9 Å². The SMILES string of the molecule is CCCCCCCCC/C=C\CCCCCCCC(=O)OCCCCCCCCCCCCCCCCCCCCCCCCCCC(=O)NC(CO)C(O)CCCCCCCCCCCCCCCCCCCC. The molecule has 1 amide bonds. The highest BCUT2D eigenvalue weighted by molar-refractivity contribution is 5.76. The van der Waals surface area contributed by atoms with Gasteiger partial charge in [0.2, 0.25) is 5.91 Å². The summed E-state index contributed by atoms with van der Waals surface area (Å²) in [6.07, 6.45) is 79.6. The number of amides is 1. The molecule has 0 heterocycles. The molecule has 0 saturated carbocycles. The van der Waals surface area contributed by atoms with E-state index < -0.39 is 12.1 Å². The number of allylic oxidation sites excluding steroid dienone is 2. The first-order valence-corrected chi connectivity index (χ1v) is 34.4. The number of nitrogens with one attached hydrogen (secondary N) is 1. The van der Waals surface area contributed by atoms with Gasteiger partial charge in [0.05, 0.1) is 25.4 Å². The van der Waals surface area contributed by atoms with Crippen molar-refractivity contribution in [3.63, 3.8) is 0 Å². The van der Waals surface area contributed by atoms with Crippen LogP contribution in [0.1, 0.15) is 393 Å². The van der Waals surface area contributed by atoms with Crippen LogP contribution in [0.5, 0.6) is 0 Å². The highest BCUT2D eigenvalue weighted by Crippen LogP contribution is 2.19. The second kappa shape index (κ2) is 65.1. The molecule has 0 aliphatic rings. The Labute approximate surface area is 469 Å². The monoisotopic (exact) mass is 1060 g/mol. The van der Waals surface area contributed by atoms with Crippen molar-refractivity contribution >= 4 is 11.9 Å². The predicted octanol–water partition coefficient (Wildman–Crippen LogP) is 22.0. The zero-order valence-electron chi connectivity index (χ0n) is 51.1. The Balaban J connectivity index is 3.36. The average molecular weight is 1060 g/mol. The molecule has 2 unspecified atom stereocenters. The first-order valence-electron chi connectivity index (χ1n) is 34.4. The molecule has 0 saturated heterocycles. The molecule has 3 N–H and O–H groups in total. The van der Waals surface area contributed by atoms with Gasteiger partial charge >= 0.3 is 5.97 Å². The van der Waals surface area contributed by atoms with Gasteiger partial charge in [-0.2, -0.15) is 0 Å². The fourth-order valence-corrected chi connectivity index (χ4v) is 11.1. The molecule has 0 aliphatic carbocycles. The number of unbranched alkanes of at least 4 members (excludes halogenated alkanes) is 52. The third-order valence-electron chi connectivity index (χ3n) is 16.3. The second-order valence-electron chi connectivity index (χ2n) is 23.9. The second-order valence-corrected chi connectivity index (χ2v) is 23.9. The van der Waals surface area contributed by atoms with Gasteiger partial charge in [0.15, 0.2) is 0 Å². The first kappa shape index (κ1) is 73.6. The van der Waals surface area contributed by atoms with Crippen molar-refractivity contribution in [3.8, 4) is 0 Å². The summed E-state index contributed by atoms with van der Waals surface area (Å²) in [6, 6.07) is -0.540. The Kier molecular flexibility index (Phi) is 63.9. The van der Waals surface area contributed by atoms with Gasteiger partial charge < -0.3 is 20.3 Å². The lowest BCUT2D eigenvalue weighted by Gasteiger charge is -2.22. The lowest BCUT2D eigenvalue weighted by molar-refractivity contribution is -0.143. The number of carbonyl (C=O) groups excluding carboxylic acids is 2. The summed E-state index contributed by atoms with van der Waals surface area (Å²) in [5, 5.41) is 23.4. The Morgan fingerprint density at radius 3 is 0.947 bits per heavy atom. The lowest BCUT2D eigenvalue weighted by Crippen LogP contribution is -2.45. The molecule has 0 fully saturated rings. The molecule has 0 aromatic rings. The summed E-state index contributed by atoms with van der Waals surface area (Å²) in [4.78, 5) is 24.6. The number of ether oxygens (including phenoxy) is 1. The van der Waals surface area contributed by atoms with Crippen LogP contribution >= 0.6 is 0 Å². The molecule has 75 heavy (non-hydrogen) atoms. The summed E-state index contributed by atoms with van der Waals surface area (Å²) in [5.41, 5.74) is 0. The Morgan fingerprint density at radius 2 is 0.627 bits per heavy atom. The van der Waals surface area contributed by atoms with Crippen molar-refractivity contribution in [3.05, 3.63) is 12.2 Å². The minimum absolute atomic E-state index is 0.00915. The largest absolute Gasteiger partial charge is 0.466 e. The lowest BCUT2D eigenvalue weighted by atomic mass is 10.0. The third kappa shape index (κ3) is 61.7. The number of aliphatic hydroxyl groups is 2. The van der Waals surface area contributed by atoms with Crippen molar-refractivity contribution in [1.82, 2.24) is 5.32 Å². The van der Waals surface area contributed by atoms with Gasteiger partial charge in [-0.3, -0.25) is 9.59 Å². The topological polar surface area (TPSA) is 95.9 Å². The molecule has 0 aromatic heterocycles. The van der Waals surface area contributed by atoms with E-state index in [-0.39, 0.29) is 18.5 Å². The number of aliphatic hydroxyl groups excluding tert-OH is 2. The van der Waals surface area contributed by atoms with Crippen LogP contribution in [-0.2, 0) is 14.3 Å². The fourth-order valence-electron chi connectivity index (χ4n) is 11.1. The van der Waals surface area contributed by atoms with E-state index in [1.807, 2.05) is 0 Å². The van der Waals surface area contributed by atoms with Gasteiger partial charge in [-0.05, 0) is 51.4 Å². The van der Waals surface area contributed by atoms with Crippen LogP contribution in [0.15, 0.2) is 12.2 Å². The van der Waals surface area contributed by atoms with Gasteiger partial charge in [0.1, 0.15) is 0 Å². The Bertz CT molecular complexity index is 1130. The van der Waals surface area contributed by atoms with Crippen molar-refractivity contribution in [2.75, 3.05) is 13.2 Å². The number of esters is 1. The summed E-state index contributed by atoms with van der Waals surface area (Å²) >= 11 is 0. The van der Waals surface area contributed by atoms with Crippen molar-refractivity contribution in [2.45, 2.75) is 405 Å². The van der Waals surface area contributed by atoms with E-state index >= 15 is 0 Å². The maximum Gasteiger partial charge on any atom is 0.305 e. The summed E-state index contributed by atoms with van der Waals surface area (Å²) in [6.45, 7) is 4.99. The fraction of sp³-hybridized carbons (Fsp3) is 0.942. The van der Waals surface area contributed by atoms with Crippen molar-refractivity contribution in [2.24, 2.45) is 0 Å². The van der Waals surface area contributed by atoms with E-state index in [0.717, 1.165) is 44.9 Å². The van der Waals surface area contributed by atoms with Crippen molar-refractivity contribution < 1.29 is 24.5 Å². The van der Waals surface area contributed by atoms with Gasteiger partial charge in [0, 0.05) is 12.8 Å². The van der Waals surface area contributed by atoms with Crippen LogP contribution in [0, 0.1) is 0 Å². The van der Waals surface area contributed by atoms with Crippen molar-refractivity contribution in [1.29, 1.82) is 0 Å². The van der Waals surface area contributed by atoms with Crippen LogP contribution in [0.25, 0.3) is 0 Å². The van der Waals surface area contributed by atoms with Gasteiger partial charge in [0.25, 0.3) is 0 Å². The van der Waals surface area contributed by atoms with Gasteiger partial charge in [-0.25, -0.2) is 0 Å². The smallest absolute Gasteiger partial charge is 0.305 e. The van der Waals surface area contributed by atoms with E-state index in [4.69, 9.17) is 4.74 Å². The Hall–Kier alpha value is -1.40. The molecule has 0 radical (unpaired) electrons. The molecule has 446 valence electrons. The standard InChI is InChI=1S/C69H135NO5/c1-3-5-7-9-11-13-15-17-19-21-30-33-37-41-45-49-53-57-61-67(72)66(65-71)70-68(73)62-58-54-50-46-42-38-34-31-28-26-24-22-23-25-27-29-32-36-40-44-48-52-56-60-64-75-69(74)63-59-55-51-47-43-39-35-20-18-16-14-12-10-8-6-4-2/h20,35,66-67,71-72H,3-19,21-34,36-65H2,1-2H3,(H,70,73)/b35-20-. The number of hydrogen-bond donors (Lipinski definition) is 3. The molecule has 6 nitrogen and oxygen atoms in total. The van der Waals surface area contributed by atoms with E-state index in [1.165, 1.54) is 315 Å². The average Bonchev–Trinajstić information content (AvgIpc) is 3.41. The molecule has 0 aromatic carbocycles. The normalized spacial score (nSPS) is 12.5. The first-order chi connectivity index (χ1) is 37.0. The highest BCUT2D eigenvalue weighted by Gasteiger charge is 2.20. The molecule has 2 atom stereocenters. The van der Waals surface area contributed by atoms with Crippen LogP contribution in [0.4, 0.5) is 0 Å². The summed E-state index contributed by atoms with van der Waals surface area (Å²) in [7, 11) is 0. The maximum atomic E-state index is 12.5. The molecule has 0 spiro atoms. The van der Waals surface area contributed by atoms with Crippen LogP contribution in [0.3, 0.4) is 0 Å². The Morgan fingerprint density at radius 1 is 0.360 bits per heavy atom. The molecular weight excluding hydrogens is 923 g/mol. The van der Waals surface area contributed by atoms with E-state index in [9.17, 15) is 19.8 Å². The maximum absolute atomic E-state index is 12.5. The molecule has 0 aliphatic heterocycles. The van der Waals surface area contributed by atoms with Gasteiger partial charge in [-0.15, -0.1) is 0 Å². The molecule has 6 heteroatoms. The predicted molar refractivity (Wildman–Crippen MR) is 329 cm³/mol. The number of rotatable bonds is 65. The minimum Gasteiger partial charge on any atom is -0.466 e. The molecule has 0 rings (SSSR count). The van der Waals surface area contributed by atoms with Gasteiger partial charge in [-0.1, -0.05) is 341 Å². The minimum atomic E-state index is -0.663. The van der Waals surface area contributed by atoms with E-state index in [2.05, 4.69) is 31.3 Å². The number of hydrogen-bond acceptors (Lipinski definition) is 5. The molecular formula is C69H135NO5.